The molecule has 0 spiro atoms. The third-order valence-electron chi connectivity index (χ3n) is 9.80. The molecule has 230 valence electrons. The summed E-state index contributed by atoms with van der Waals surface area (Å²) in [5, 5.41) is 8.36. The number of aromatic nitrogens is 1. The molecule has 0 aliphatic rings. The lowest BCUT2D eigenvalue weighted by Gasteiger charge is -2.25. The van der Waals surface area contributed by atoms with E-state index >= 15 is 0 Å². The second-order valence-electron chi connectivity index (χ2n) is 12.5. The number of para-hydroxylation sites is 3. The average Bonchev–Trinajstić information content (AvgIpc) is 3.90. The molecule has 49 heavy (non-hydrogen) atoms. The highest BCUT2D eigenvalue weighted by Crippen LogP contribution is 2.44. The molecule has 11 aromatic rings. The first-order valence-corrected chi connectivity index (χ1v) is 17.2. The number of hydrogen-bond acceptors (Lipinski definition) is 4. The van der Waals surface area contributed by atoms with Gasteiger partial charge in [-0.2, -0.15) is 0 Å². The first kappa shape index (κ1) is 26.7. The fourth-order valence-corrected chi connectivity index (χ4v) is 8.85. The molecule has 0 N–H and O–H groups in total. The van der Waals surface area contributed by atoms with Crippen LogP contribution in [0.5, 0.6) is 0 Å². The van der Waals surface area contributed by atoms with Gasteiger partial charge in [-0.05, 0) is 72.8 Å². The van der Waals surface area contributed by atoms with E-state index in [2.05, 4.69) is 143 Å². The molecule has 0 bridgehead atoms. The summed E-state index contributed by atoms with van der Waals surface area (Å²) in [5.41, 5.74) is 8.89. The molecule has 0 atom stereocenters. The number of rotatable bonds is 4. The number of anilines is 3. The van der Waals surface area contributed by atoms with Crippen LogP contribution < -0.4 is 4.90 Å². The Kier molecular flexibility index (Phi) is 5.51. The zero-order valence-corrected chi connectivity index (χ0v) is 26.9. The van der Waals surface area contributed by atoms with Crippen molar-refractivity contribution in [2.24, 2.45) is 0 Å². The van der Waals surface area contributed by atoms with E-state index < -0.39 is 0 Å². The highest BCUT2D eigenvalue weighted by atomic mass is 32.1. The van der Waals surface area contributed by atoms with Gasteiger partial charge >= 0.3 is 0 Å². The average molecular weight is 647 g/mol. The minimum Gasteiger partial charge on any atom is -0.456 e. The first-order chi connectivity index (χ1) is 24.3. The van der Waals surface area contributed by atoms with Gasteiger partial charge in [-0.25, -0.2) is 0 Å². The van der Waals surface area contributed by atoms with Crippen LogP contribution >= 0.6 is 11.3 Å². The Morgan fingerprint density at radius 3 is 1.59 bits per heavy atom. The lowest BCUT2D eigenvalue weighted by Crippen LogP contribution is -2.10. The van der Waals surface area contributed by atoms with Crippen molar-refractivity contribution >= 4 is 103 Å². The molecular formula is C44H26N2O2S. The van der Waals surface area contributed by atoms with Crippen LogP contribution in [0.1, 0.15) is 0 Å². The van der Waals surface area contributed by atoms with Crippen molar-refractivity contribution in [3.63, 3.8) is 0 Å². The maximum absolute atomic E-state index is 6.35. The number of furan rings is 2. The van der Waals surface area contributed by atoms with Crippen molar-refractivity contribution in [1.29, 1.82) is 0 Å². The number of benzene rings is 7. The minimum absolute atomic E-state index is 0.858. The van der Waals surface area contributed by atoms with Gasteiger partial charge in [-0.15, -0.1) is 11.3 Å². The number of thiophene rings is 1. The first-order valence-electron chi connectivity index (χ1n) is 16.4. The summed E-state index contributed by atoms with van der Waals surface area (Å²) >= 11 is 1.85. The summed E-state index contributed by atoms with van der Waals surface area (Å²) in [6.07, 6.45) is 0. The van der Waals surface area contributed by atoms with Gasteiger partial charge in [-0.1, -0.05) is 72.8 Å². The summed E-state index contributed by atoms with van der Waals surface area (Å²) in [6, 6.07) is 55.8. The van der Waals surface area contributed by atoms with Crippen molar-refractivity contribution in [3.05, 3.63) is 158 Å². The van der Waals surface area contributed by atoms with Gasteiger partial charge in [-0.3, -0.25) is 0 Å². The van der Waals surface area contributed by atoms with Crippen LogP contribution in [0.15, 0.2) is 167 Å². The van der Waals surface area contributed by atoms with Crippen LogP contribution in [-0.2, 0) is 0 Å². The highest BCUT2D eigenvalue weighted by molar-refractivity contribution is 7.25. The summed E-state index contributed by atoms with van der Waals surface area (Å²) in [6.45, 7) is 0. The van der Waals surface area contributed by atoms with Gasteiger partial charge < -0.3 is 18.3 Å². The third-order valence-corrected chi connectivity index (χ3v) is 11.0. The standard InChI is InChI=1S/C44H26N2O2S/c1-5-13-37-35(11-1)43-36-12-4-8-16-42(36)49-44(43)46(37)28-19-17-27(18-20-28)45(29-21-23-33-31-9-2-6-14-38(31)47-40(33)25-29)30-22-24-34-32-10-3-7-15-39(32)48-41(34)26-30/h1-26H. The van der Waals surface area contributed by atoms with Gasteiger partial charge in [0.25, 0.3) is 0 Å². The molecule has 4 heterocycles. The molecule has 0 amide bonds. The van der Waals surface area contributed by atoms with E-state index in [0.717, 1.165) is 66.6 Å². The fourth-order valence-electron chi connectivity index (χ4n) is 7.60. The van der Waals surface area contributed by atoms with Gasteiger partial charge in [0.1, 0.15) is 27.2 Å². The molecule has 7 aromatic carbocycles. The Morgan fingerprint density at radius 2 is 0.939 bits per heavy atom. The predicted molar refractivity (Wildman–Crippen MR) is 205 cm³/mol. The molecule has 0 aliphatic heterocycles. The largest absolute Gasteiger partial charge is 0.456 e. The molecule has 0 saturated carbocycles. The molecule has 11 rings (SSSR count). The van der Waals surface area contributed by atoms with Crippen molar-refractivity contribution in [2.45, 2.75) is 0 Å². The van der Waals surface area contributed by atoms with Crippen molar-refractivity contribution < 1.29 is 8.83 Å². The monoisotopic (exact) mass is 646 g/mol. The van der Waals surface area contributed by atoms with Crippen LogP contribution in [-0.4, -0.2) is 4.57 Å². The lowest BCUT2D eigenvalue weighted by molar-refractivity contribution is 0.669. The van der Waals surface area contributed by atoms with E-state index in [1.54, 1.807) is 0 Å². The summed E-state index contributed by atoms with van der Waals surface area (Å²) in [5.74, 6) is 0. The third kappa shape index (κ3) is 3.91. The SMILES string of the molecule is c1ccc2c(c1)oc1cc(N(c3ccc(-n4c5ccccc5c5c6ccccc6sc54)cc3)c3ccc4c(c3)oc3ccccc34)ccc12. The second-order valence-corrected chi connectivity index (χ2v) is 13.6. The smallest absolute Gasteiger partial charge is 0.137 e. The number of nitrogens with zero attached hydrogens (tertiary/aromatic N) is 2. The van der Waals surface area contributed by atoms with Crippen molar-refractivity contribution in [2.75, 3.05) is 4.90 Å². The topological polar surface area (TPSA) is 34.5 Å². The van der Waals surface area contributed by atoms with Gasteiger partial charge in [0.2, 0.25) is 0 Å². The quantitative estimate of drug-likeness (QED) is 0.191. The van der Waals surface area contributed by atoms with E-state index in [0.29, 0.717) is 0 Å². The van der Waals surface area contributed by atoms with Gasteiger partial charge in [0.15, 0.2) is 0 Å². The summed E-state index contributed by atoms with van der Waals surface area (Å²) in [7, 11) is 0. The molecule has 4 nitrogen and oxygen atoms in total. The van der Waals surface area contributed by atoms with Crippen LogP contribution in [0, 0.1) is 0 Å². The zero-order chi connectivity index (χ0) is 32.1. The maximum atomic E-state index is 6.35. The molecule has 4 aromatic heterocycles. The number of fused-ring (bicyclic) bond motifs is 11. The van der Waals surface area contributed by atoms with Crippen molar-refractivity contribution in [3.8, 4) is 5.69 Å². The van der Waals surface area contributed by atoms with Crippen LogP contribution in [0.25, 0.3) is 80.8 Å². The second kappa shape index (κ2) is 10.1. The molecule has 0 radical (unpaired) electrons. The normalized spacial score (nSPS) is 12.1. The van der Waals surface area contributed by atoms with E-state index in [4.69, 9.17) is 8.83 Å². The van der Waals surface area contributed by atoms with E-state index in [1.165, 1.54) is 31.2 Å². The van der Waals surface area contributed by atoms with Crippen LogP contribution in [0.4, 0.5) is 17.1 Å². The predicted octanol–water partition coefficient (Wildman–Crippen LogP) is 13.3. The van der Waals surface area contributed by atoms with E-state index in [1.807, 2.05) is 35.6 Å². The van der Waals surface area contributed by atoms with Gasteiger partial charge in [0.05, 0.1) is 5.52 Å². The molecule has 0 fully saturated rings. The van der Waals surface area contributed by atoms with E-state index in [-0.39, 0.29) is 0 Å². The van der Waals surface area contributed by atoms with Crippen molar-refractivity contribution in [1.82, 2.24) is 4.57 Å². The molecule has 0 unspecified atom stereocenters. The molecule has 0 saturated heterocycles. The Bertz CT molecular complexity index is 2950. The molecule has 5 heteroatoms. The number of hydrogen-bond donors (Lipinski definition) is 0. The Balaban J connectivity index is 1.10. The van der Waals surface area contributed by atoms with Crippen LogP contribution in [0.3, 0.4) is 0 Å². The Labute approximate surface area is 284 Å². The van der Waals surface area contributed by atoms with Gasteiger partial charge in [0, 0.05) is 77.3 Å². The maximum Gasteiger partial charge on any atom is 0.137 e. The molecule has 0 aliphatic carbocycles. The van der Waals surface area contributed by atoms with Crippen LogP contribution in [0.2, 0.25) is 0 Å². The van der Waals surface area contributed by atoms with E-state index in [9.17, 15) is 0 Å². The summed E-state index contributed by atoms with van der Waals surface area (Å²) in [4.78, 5) is 3.55. The zero-order valence-electron chi connectivity index (χ0n) is 26.1. The Hall–Kier alpha value is -6.30. The minimum atomic E-state index is 0.858. The summed E-state index contributed by atoms with van der Waals surface area (Å²) < 4.78 is 16.4. The fraction of sp³-hybridized carbons (Fsp3) is 0. The highest BCUT2D eigenvalue weighted by Gasteiger charge is 2.20. The lowest BCUT2D eigenvalue weighted by atomic mass is 10.1. The Morgan fingerprint density at radius 1 is 0.429 bits per heavy atom. The molecular weight excluding hydrogens is 621 g/mol.